The molecule has 6 unspecified atom stereocenters. The summed E-state index contributed by atoms with van der Waals surface area (Å²) >= 11 is 0. The van der Waals surface area contributed by atoms with Crippen LogP contribution in [0.25, 0.3) is 0 Å². The summed E-state index contributed by atoms with van der Waals surface area (Å²) < 4.78 is 18.0. The largest absolute Gasteiger partial charge is 0.455 e. The summed E-state index contributed by atoms with van der Waals surface area (Å²) in [4.78, 5) is 53.9. The number of Topliss-reactive ketones (excluding diaryl/α,β-unsaturated/α-hetero) is 2. The Kier molecular flexibility index (Phi) is 6.25. The first kappa shape index (κ1) is 27.7. The number of benzene rings is 1. The van der Waals surface area contributed by atoms with Gasteiger partial charge in [0, 0.05) is 24.2 Å². The number of allylic oxidation sites excluding steroid dienone is 1. The van der Waals surface area contributed by atoms with Crippen molar-refractivity contribution in [2.45, 2.75) is 83.9 Å². The molecule has 2 bridgehead atoms. The number of aliphatic hydroxyl groups excluding tert-OH is 1. The van der Waals surface area contributed by atoms with E-state index in [1.54, 1.807) is 58.0 Å². The Morgan fingerprint density at radius 1 is 1.10 bits per heavy atom. The number of hydrogen-bond donors (Lipinski definition) is 2. The molecule has 210 valence electrons. The van der Waals surface area contributed by atoms with E-state index < -0.39 is 82.1 Å². The van der Waals surface area contributed by atoms with Crippen LogP contribution in [0.4, 0.5) is 0 Å². The highest BCUT2D eigenvalue weighted by atomic mass is 16.6. The van der Waals surface area contributed by atoms with Gasteiger partial charge in [0.2, 0.25) is 0 Å². The molecule has 2 saturated carbocycles. The van der Waals surface area contributed by atoms with Crippen LogP contribution in [-0.2, 0) is 28.6 Å². The maximum Gasteiger partial charge on any atom is 0.338 e. The number of ether oxygens (including phenoxy) is 3. The van der Waals surface area contributed by atoms with Gasteiger partial charge in [0.05, 0.1) is 18.1 Å². The van der Waals surface area contributed by atoms with Gasteiger partial charge >= 0.3 is 11.9 Å². The first-order valence-corrected chi connectivity index (χ1v) is 13.4. The van der Waals surface area contributed by atoms with Gasteiger partial charge in [-0.1, -0.05) is 45.9 Å². The molecule has 1 saturated heterocycles. The van der Waals surface area contributed by atoms with Crippen molar-refractivity contribution in [3.8, 4) is 0 Å². The van der Waals surface area contributed by atoms with Crippen LogP contribution in [0.3, 0.4) is 0 Å². The zero-order valence-electron chi connectivity index (χ0n) is 23.1. The van der Waals surface area contributed by atoms with Crippen molar-refractivity contribution in [2.24, 2.45) is 22.7 Å². The van der Waals surface area contributed by atoms with Gasteiger partial charge in [0.1, 0.15) is 23.9 Å². The van der Waals surface area contributed by atoms with Crippen molar-refractivity contribution in [2.75, 3.05) is 6.61 Å². The van der Waals surface area contributed by atoms with Gasteiger partial charge in [-0.3, -0.25) is 14.4 Å². The topological polar surface area (TPSA) is 136 Å². The number of carbonyl (C=O) groups is 4. The zero-order valence-corrected chi connectivity index (χ0v) is 23.1. The van der Waals surface area contributed by atoms with Crippen molar-refractivity contribution < 1.29 is 43.6 Å². The van der Waals surface area contributed by atoms with Gasteiger partial charge in [-0.05, 0) is 42.5 Å². The van der Waals surface area contributed by atoms with Crippen LogP contribution in [0.15, 0.2) is 41.5 Å². The van der Waals surface area contributed by atoms with Crippen LogP contribution in [0.5, 0.6) is 0 Å². The molecule has 3 aliphatic carbocycles. The molecule has 0 radical (unpaired) electrons. The molecule has 1 heterocycles. The molecular formula is C30H36O9. The standard InChI is InChI=1S/C30H36O9/c1-15-12-20-29(14-37-20,39-17(3)31)23-25(38-26(35)18-10-8-7-9-11-18)30(36)13-19(32)16(2)21(27(30,4)5)22(33)24(34)28(15,23)6/h7-11,15,20,22-23,25,33,36H,12-14H2,1-6H3/t15-,20?,22?,23?,25?,28+,29?,30?/m0/s1. The van der Waals surface area contributed by atoms with E-state index in [0.717, 1.165) is 0 Å². The number of ketones is 2. The second-order valence-corrected chi connectivity index (χ2v) is 12.4. The molecule has 0 spiro atoms. The summed E-state index contributed by atoms with van der Waals surface area (Å²) in [6.07, 6.45) is -3.85. The van der Waals surface area contributed by atoms with E-state index in [1.165, 1.54) is 6.92 Å². The number of hydrogen-bond acceptors (Lipinski definition) is 9. The Balaban J connectivity index is 1.82. The summed E-state index contributed by atoms with van der Waals surface area (Å²) in [6, 6.07) is 8.22. The van der Waals surface area contributed by atoms with E-state index in [0.29, 0.717) is 6.42 Å². The summed E-state index contributed by atoms with van der Waals surface area (Å²) in [5.41, 5.74) is -5.73. The second kappa shape index (κ2) is 8.81. The molecular weight excluding hydrogens is 504 g/mol. The predicted molar refractivity (Wildman–Crippen MR) is 137 cm³/mol. The first-order chi connectivity index (χ1) is 18.1. The number of rotatable bonds is 3. The molecule has 8 atom stereocenters. The van der Waals surface area contributed by atoms with Gasteiger partial charge in [0.25, 0.3) is 0 Å². The molecule has 4 aliphatic rings. The number of fused-ring (bicyclic) bond motifs is 5. The van der Waals surface area contributed by atoms with Crippen molar-refractivity contribution in [3.05, 3.63) is 47.0 Å². The minimum atomic E-state index is -2.05. The van der Waals surface area contributed by atoms with Crippen molar-refractivity contribution in [3.63, 3.8) is 0 Å². The molecule has 1 aromatic carbocycles. The smallest absolute Gasteiger partial charge is 0.338 e. The third-order valence-electron chi connectivity index (χ3n) is 10.2. The van der Waals surface area contributed by atoms with Crippen LogP contribution in [0.2, 0.25) is 0 Å². The highest BCUT2D eigenvalue weighted by molar-refractivity contribution is 6.02. The fourth-order valence-electron chi connectivity index (χ4n) is 7.77. The minimum Gasteiger partial charge on any atom is -0.455 e. The summed E-state index contributed by atoms with van der Waals surface area (Å²) in [7, 11) is 0. The predicted octanol–water partition coefficient (Wildman–Crippen LogP) is 2.57. The fourth-order valence-corrected chi connectivity index (χ4v) is 7.77. The van der Waals surface area contributed by atoms with E-state index in [1.807, 2.05) is 6.92 Å². The number of carbonyl (C=O) groups excluding carboxylic acids is 4. The Labute approximate surface area is 227 Å². The molecule has 1 aromatic rings. The molecule has 39 heavy (non-hydrogen) atoms. The lowest BCUT2D eigenvalue weighted by Gasteiger charge is -2.67. The Bertz CT molecular complexity index is 1280. The summed E-state index contributed by atoms with van der Waals surface area (Å²) in [5, 5.41) is 24.3. The maximum absolute atomic E-state index is 14.4. The van der Waals surface area contributed by atoms with E-state index in [4.69, 9.17) is 14.2 Å². The van der Waals surface area contributed by atoms with Gasteiger partial charge < -0.3 is 24.4 Å². The lowest BCUT2D eigenvalue weighted by atomic mass is 9.43. The van der Waals surface area contributed by atoms with E-state index in [-0.39, 0.29) is 23.3 Å². The van der Waals surface area contributed by atoms with Crippen LogP contribution in [0.1, 0.15) is 64.7 Å². The van der Waals surface area contributed by atoms with Gasteiger partial charge in [0.15, 0.2) is 17.2 Å². The molecule has 0 aromatic heterocycles. The molecule has 0 amide bonds. The third kappa shape index (κ3) is 3.55. The van der Waals surface area contributed by atoms with Crippen LogP contribution in [-0.4, -0.2) is 69.8 Å². The Morgan fingerprint density at radius 2 is 1.74 bits per heavy atom. The molecule has 9 heteroatoms. The Hall–Kier alpha value is -2.88. The van der Waals surface area contributed by atoms with Gasteiger partial charge in [-0.25, -0.2) is 4.79 Å². The normalized spacial score (nSPS) is 40.9. The minimum absolute atomic E-state index is 0.0842. The molecule has 2 N–H and O–H groups in total. The highest BCUT2D eigenvalue weighted by Gasteiger charge is 2.77. The number of esters is 2. The monoisotopic (exact) mass is 540 g/mol. The van der Waals surface area contributed by atoms with Crippen LogP contribution in [0, 0.1) is 22.7 Å². The lowest BCUT2D eigenvalue weighted by molar-refractivity contribution is -0.338. The molecule has 5 rings (SSSR count). The summed E-state index contributed by atoms with van der Waals surface area (Å²) in [5.74, 6) is -3.95. The second-order valence-electron chi connectivity index (χ2n) is 12.4. The molecule has 3 fully saturated rings. The summed E-state index contributed by atoms with van der Waals surface area (Å²) in [6.45, 7) is 9.50. The maximum atomic E-state index is 14.4. The SMILES string of the molecule is CC(=O)OC12COC1C[C@H](C)[C@@]1(C)C(=O)C(O)C3=C(C)C(=O)CC(O)(C(OC(=O)c4ccccc4)C21)C3(C)C. The van der Waals surface area contributed by atoms with Crippen LogP contribution >= 0.6 is 0 Å². The van der Waals surface area contributed by atoms with Crippen molar-refractivity contribution in [1.29, 1.82) is 0 Å². The van der Waals surface area contributed by atoms with E-state index in [9.17, 15) is 29.4 Å². The lowest BCUT2D eigenvalue weighted by Crippen LogP contribution is -2.80. The van der Waals surface area contributed by atoms with E-state index in [2.05, 4.69) is 0 Å². The molecule has 9 nitrogen and oxygen atoms in total. The van der Waals surface area contributed by atoms with E-state index >= 15 is 0 Å². The number of aliphatic hydroxyl groups is 2. The third-order valence-corrected chi connectivity index (χ3v) is 10.2. The van der Waals surface area contributed by atoms with Gasteiger partial charge in [-0.15, -0.1) is 0 Å². The zero-order chi connectivity index (χ0) is 28.7. The first-order valence-electron chi connectivity index (χ1n) is 13.4. The average Bonchev–Trinajstić information content (AvgIpc) is 2.87. The Morgan fingerprint density at radius 3 is 2.31 bits per heavy atom. The quantitative estimate of drug-likeness (QED) is 0.554. The van der Waals surface area contributed by atoms with Gasteiger partial charge in [-0.2, -0.15) is 0 Å². The highest BCUT2D eigenvalue weighted by Crippen LogP contribution is 2.64. The van der Waals surface area contributed by atoms with Crippen LogP contribution < -0.4 is 0 Å². The molecule has 1 aliphatic heterocycles. The average molecular weight is 541 g/mol. The fraction of sp³-hybridized carbons (Fsp3) is 0.600. The van der Waals surface area contributed by atoms with Crippen molar-refractivity contribution in [1.82, 2.24) is 0 Å². The van der Waals surface area contributed by atoms with Crippen molar-refractivity contribution >= 4 is 23.5 Å².